The molecule has 2 aromatic rings. The summed E-state index contributed by atoms with van der Waals surface area (Å²) >= 11 is 0. The molecule has 3 heteroatoms. The number of rotatable bonds is 6. The predicted octanol–water partition coefficient (Wildman–Crippen LogP) is 4.51. The van der Waals surface area contributed by atoms with Crippen LogP contribution in [0.5, 0.6) is 5.75 Å². The summed E-state index contributed by atoms with van der Waals surface area (Å²) in [6.07, 6.45) is 0.477. The van der Waals surface area contributed by atoms with Crippen LogP contribution in [0.2, 0.25) is 0 Å². The van der Waals surface area contributed by atoms with E-state index < -0.39 is 6.10 Å². The lowest BCUT2D eigenvalue weighted by Crippen LogP contribution is -2.37. The number of hydrogen-bond acceptors (Lipinski definition) is 2. The second-order valence-electron chi connectivity index (χ2n) is 6.35. The van der Waals surface area contributed by atoms with E-state index in [-0.39, 0.29) is 11.9 Å². The van der Waals surface area contributed by atoms with Gasteiger partial charge in [-0.25, -0.2) is 0 Å². The first-order chi connectivity index (χ1) is 11.4. The lowest BCUT2D eigenvalue weighted by atomic mass is 10.0. The van der Waals surface area contributed by atoms with Crippen LogP contribution in [-0.4, -0.2) is 12.0 Å². The Morgan fingerprint density at radius 3 is 2.38 bits per heavy atom. The molecule has 2 atom stereocenters. The van der Waals surface area contributed by atoms with Gasteiger partial charge in [0.25, 0.3) is 5.91 Å². The zero-order chi connectivity index (χ0) is 17.7. The fraction of sp³-hybridized carbons (Fsp3) is 0.381. The van der Waals surface area contributed by atoms with Crippen LogP contribution < -0.4 is 10.1 Å². The molecule has 2 aromatic carbocycles. The van der Waals surface area contributed by atoms with Crippen molar-refractivity contribution in [3.8, 4) is 5.75 Å². The van der Waals surface area contributed by atoms with Gasteiger partial charge in [-0.15, -0.1) is 0 Å². The molecule has 0 bridgehead atoms. The van der Waals surface area contributed by atoms with Crippen molar-refractivity contribution < 1.29 is 9.53 Å². The SMILES string of the molecule is CCc1ccc(C(C)NC(=O)C(C)Oc2cc(C)ccc2C)cc1. The molecule has 3 nitrogen and oxygen atoms in total. The van der Waals surface area contributed by atoms with Crippen LogP contribution in [0.15, 0.2) is 42.5 Å². The molecule has 1 amide bonds. The highest BCUT2D eigenvalue weighted by atomic mass is 16.5. The largest absolute Gasteiger partial charge is 0.481 e. The lowest BCUT2D eigenvalue weighted by molar-refractivity contribution is -0.127. The number of carbonyl (C=O) groups is 1. The molecule has 0 saturated carbocycles. The second kappa shape index (κ2) is 8.00. The fourth-order valence-electron chi connectivity index (χ4n) is 2.53. The molecule has 0 fully saturated rings. The molecular weight excluding hydrogens is 298 g/mol. The van der Waals surface area contributed by atoms with Crippen molar-refractivity contribution in [1.29, 1.82) is 0 Å². The summed E-state index contributed by atoms with van der Waals surface area (Å²) in [5.41, 5.74) is 4.54. The average Bonchev–Trinajstić information content (AvgIpc) is 2.58. The van der Waals surface area contributed by atoms with Gasteiger partial charge >= 0.3 is 0 Å². The van der Waals surface area contributed by atoms with Gasteiger partial charge in [0.15, 0.2) is 6.10 Å². The summed E-state index contributed by atoms with van der Waals surface area (Å²) in [5, 5.41) is 3.02. The molecule has 0 saturated heterocycles. The van der Waals surface area contributed by atoms with E-state index in [2.05, 4.69) is 36.5 Å². The Labute approximate surface area is 145 Å². The minimum atomic E-state index is -0.539. The first-order valence-electron chi connectivity index (χ1n) is 8.53. The highest BCUT2D eigenvalue weighted by Crippen LogP contribution is 2.21. The normalized spacial score (nSPS) is 13.2. The van der Waals surface area contributed by atoms with Gasteiger partial charge in [0.1, 0.15) is 5.75 Å². The number of carbonyl (C=O) groups excluding carboxylic acids is 1. The van der Waals surface area contributed by atoms with E-state index in [0.717, 1.165) is 28.9 Å². The van der Waals surface area contributed by atoms with Gasteiger partial charge in [-0.05, 0) is 62.4 Å². The van der Waals surface area contributed by atoms with Crippen molar-refractivity contribution >= 4 is 5.91 Å². The number of benzene rings is 2. The standard InChI is InChI=1S/C21H27NO2/c1-6-18-9-11-19(12-10-18)16(4)22-21(23)17(5)24-20-13-14(2)7-8-15(20)3/h7-13,16-17H,6H2,1-5H3,(H,22,23). The molecule has 0 aliphatic rings. The van der Waals surface area contributed by atoms with Gasteiger partial charge in [-0.3, -0.25) is 4.79 Å². The Balaban J connectivity index is 1.98. The summed E-state index contributed by atoms with van der Waals surface area (Å²) in [6.45, 7) is 9.90. The van der Waals surface area contributed by atoms with Gasteiger partial charge in [0.2, 0.25) is 0 Å². The Hall–Kier alpha value is -2.29. The van der Waals surface area contributed by atoms with Crippen molar-refractivity contribution in [1.82, 2.24) is 5.32 Å². The van der Waals surface area contributed by atoms with E-state index >= 15 is 0 Å². The van der Waals surface area contributed by atoms with Crippen molar-refractivity contribution in [2.24, 2.45) is 0 Å². The molecule has 2 unspecified atom stereocenters. The third kappa shape index (κ3) is 4.60. The minimum Gasteiger partial charge on any atom is -0.481 e. The number of hydrogen-bond donors (Lipinski definition) is 1. The molecule has 0 spiro atoms. The molecule has 0 aliphatic carbocycles. The first-order valence-corrected chi connectivity index (χ1v) is 8.53. The van der Waals surface area contributed by atoms with Gasteiger partial charge in [0.05, 0.1) is 6.04 Å². The maximum Gasteiger partial charge on any atom is 0.261 e. The summed E-state index contributed by atoms with van der Waals surface area (Å²) in [6, 6.07) is 14.3. The van der Waals surface area contributed by atoms with E-state index in [1.165, 1.54) is 5.56 Å². The quantitative estimate of drug-likeness (QED) is 0.848. The number of aryl methyl sites for hydroxylation is 3. The summed E-state index contributed by atoms with van der Waals surface area (Å²) in [7, 11) is 0. The van der Waals surface area contributed by atoms with Crippen molar-refractivity contribution in [3.63, 3.8) is 0 Å². The Kier molecular flexibility index (Phi) is 6.02. The zero-order valence-electron chi connectivity index (χ0n) is 15.2. The van der Waals surface area contributed by atoms with Crippen LogP contribution in [0.25, 0.3) is 0 Å². The highest BCUT2D eigenvalue weighted by molar-refractivity contribution is 5.81. The van der Waals surface area contributed by atoms with E-state index in [1.807, 2.05) is 39.0 Å². The average molecular weight is 325 g/mol. The molecule has 1 N–H and O–H groups in total. The van der Waals surface area contributed by atoms with Gasteiger partial charge in [0, 0.05) is 0 Å². The fourth-order valence-corrected chi connectivity index (χ4v) is 2.53. The molecule has 24 heavy (non-hydrogen) atoms. The van der Waals surface area contributed by atoms with E-state index in [1.54, 1.807) is 6.92 Å². The van der Waals surface area contributed by atoms with Crippen molar-refractivity contribution in [2.45, 2.75) is 53.2 Å². The molecular formula is C21H27NO2. The van der Waals surface area contributed by atoms with Crippen LogP contribution in [0.3, 0.4) is 0 Å². The van der Waals surface area contributed by atoms with Gasteiger partial charge in [-0.2, -0.15) is 0 Å². The van der Waals surface area contributed by atoms with Gasteiger partial charge in [-0.1, -0.05) is 43.3 Å². The van der Waals surface area contributed by atoms with Gasteiger partial charge < -0.3 is 10.1 Å². The Morgan fingerprint density at radius 2 is 1.75 bits per heavy atom. The second-order valence-corrected chi connectivity index (χ2v) is 6.35. The third-order valence-corrected chi connectivity index (χ3v) is 4.26. The topological polar surface area (TPSA) is 38.3 Å². The molecule has 2 rings (SSSR count). The summed E-state index contributed by atoms with van der Waals surface area (Å²) in [4.78, 5) is 12.4. The zero-order valence-corrected chi connectivity index (χ0v) is 15.2. The van der Waals surface area contributed by atoms with Crippen molar-refractivity contribution in [2.75, 3.05) is 0 Å². The van der Waals surface area contributed by atoms with Crippen LogP contribution in [0, 0.1) is 13.8 Å². The monoisotopic (exact) mass is 325 g/mol. The Morgan fingerprint density at radius 1 is 1.08 bits per heavy atom. The smallest absolute Gasteiger partial charge is 0.261 e. The number of amides is 1. The molecule has 0 aliphatic heterocycles. The van der Waals surface area contributed by atoms with Crippen LogP contribution in [0.1, 0.15) is 49.1 Å². The maximum absolute atomic E-state index is 12.4. The Bertz CT molecular complexity index is 691. The lowest BCUT2D eigenvalue weighted by Gasteiger charge is -2.20. The number of nitrogens with one attached hydrogen (secondary N) is 1. The van der Waals surface area contributed by atoms with E-state index in [0.29, 0.717) is 0 Å². The predicted molar refractivity (Wildman–Crippen MR) is 98.4 cm³/mol. The first kappa shape index (κ1) is 18.1. The molecule has 0 aromatic heterocycles. The highest BCUT2D eigenvalue weighted by Gasteiger charge is 2.18. The summed E-state index contributed by atoms with van der Waals surface area (Å²) < 4.78 is 5.85. The van der Waals surface area contributed by atoms with Crippen LogP contribution in [-0.2, 0) is 11.2 Å². The van der Waals surface area contributed by atoms with E-state index in [9.17, 15) is 4.79 Å². The molecule has 0 heterocycles. The number of ether oxygens (including phenoxy) is 1. The van der Waals surface area contributed by atoms with E-state index in [4.69, 9.17) is 4.74 Å². The van der Waals surface area contributed by atoms with Crippen molar-refractivity contribution in [3.05, 3.63) is 64.7 Å². The third-order valence-electron chi connectivity index (χ3n) is 4.26. The maximum atomic E-state index is 12.4. The van der Waals surface area contributed by atoms with Crippen LogP contribution in [0.4, 0.5) is 0 Å². The minimum absolute atomic E-state index is 0.0481. The molecule has 128 valence electrons. The molecule has 0 radical (unpaired) electrons. The van der Waals surface area contributed by atoms with Crippen LogP contribution >= 0.6 is 0 Å². The summed E-state index contributed by atoms with van der Waals surface area (Å²) in [5.74, 6) is 0.653.